The molecule has 0 unspecified atom stereocenters. The molecule has 12 rings (SSSR count). The van der Waals surface area contributed by atoms with Crippen molar-refractivity contribution in [2.75, 3.05) is 0 Å². The van der Waals surface area contributed by atoms with Crippen molar-refractivity contribution in [3.63, 3.8) is 0 Å². The van der Waals surface area contributed by atoms with E-state index in [4.69, 9.17) is 0 Å². The highest BCUT2D eigenvalue weighted by atomic mass is 15.0. The summed E-state index contributed by atoms with van der Waals surface area (Å²) >= 11 is 0. The SMILES string of the molecule is N#Cc1cc(-c2ccccc2-n2c3ccccc3c3ccccc32)cc(-n2c3ccccc3c3ccc4c(c32)-c2ccccc2C4(c2ccccc2)c2ccccc2)c1. The van der Waals surface area contributed by atoms with Crippen molar-refractivity contribution in [2.24, 2.45) is 0 Å². The Labute approximate surface area is 341 Å². The van der Waals surface area contributed by atoms with Crippen molar-refractivity contribution in [3.05, 3.63) is 240 Å². The summed E-state index contributed by atoms with van der Waals surface area (Å²) in [5.41, 5.74) is 16.1. The van der Waals surface area contributed by atoms with Gasteiger partial charge in [-0.15, -0.1) is 0 Å². The third-order valence-electron chi connectivity index (χ3n) is 12.6. The van der Waals surface area contributed by atoms with Gasteiger partial charge in [0.2, 0.25) is 0 Å². The molecule has 0 saturated carbocycles. The summed E-state index contributed by atoms with van der Waals surface area (Å²) in [6.45, 7) is 0. The molecule has 1 aliphatic carbocycles. The van der Waals surface area contributed by atoms with E-state index in [9.17, 15) is 5.26 Å². The van der Waals surface area contributed by atoms with E-state index in [1.807, 2.05) is 6.07 Å². The van der Waals surface area contributed by atoms with Gasteiger partial charge < -0.3 is 9.13 Å². The van der Waals surface area contributed by atoms with E-state index in [1.165, 1.54) is 54.9 Å². The van der Waals surface area contributed by atoms with Gasteiger partial charge in [0.05, 0.1) is 44.8 Å². The average molecular weight is 750 g/mol. The smallest absolute Gasteiger partial charge is 0.0992 e. The van der Waals surface area contributed by atoms with Crippen LogP contribution in [0.3, 0.4) is 0 Å². The third-order valence-corrected chi connectivity index (χ3v) is 12.6. The number of fused-ring (bicyclic) bond motifs is 10. The monoisotopic (exact) mass is 749 g/mol. The fraction of sp³-hybridized carbons (Fsp3) is 0.0179. The molecule has 0 bridgehead atoms. The van der Waals surface area contributed by atoms with Gasteiger partial charge in [-0.2, -0.15) is 5.26 Å². The van der Waals surface area contributed by atoms with Crippen LogP contribution in [0.4, 0.5) is 0 Å². The fourth-order valence-electron chi connectivity index (χ4n) is 10.3. The van der Waals surface area contributed by atoms with Crippen molar-refractivity contribution < 1.29 is 0 Å². The summed E-state index contributed by atoms with van der Waals surface area (Å²) in [6, 6.07) is 79.0. The van der Waals surface area contributed by atoms with Crippen LogP contribution in [0.25, 0.3) is 77.2 Å². The highest BCUT2D eigenvalue weighted by Crippen LogP contribution is 2.58. The van der Waals surface area contributed by atoms with Crippen LogP contribution in [0.2, 0.25) is 0 Å². The molecule has 0 atom stereocenters. The first-order valence-electron chi connectivity index (χ1n) is 20.2. The molecule has 0 fully saturated rings. The number of benzene rings is 9. The van der Waals surface area contributed by atoms with E-state index in [0.29, 0.717) is 5.56 Å². The van der Waals surface area contributed by atoms with Crippen LogP contribution in [0.5, 0.6) is 0 Å². The van der Waals surface area contributed by atoms with Crippen LogP contribution >= 0.6 is 0 Å². The van der Waals surface area contributed by atoms with Crippen LogP contribution in [0.15, 0.2) is 212 Å². The molecule has 9 aromatic carbocycles. The Kier molecular flexibility index (Phi) is 7.21. The predicted octanol–water partition coefficient (Wildman–Crippen LogP) is 13.8. The maximum Gasteiger partial charge on any atom is 0.0992 e. The topological polar surface area (TPSA) is 33.6 Å². The maximum absolute atomic E-state index is 10.7. The summed E-state index contributed by atoms with van der Waals surface area (Å²) in [5, 5.41) is 15.5. The number of nitrogens with zero attached hydrogens (tertiary/aromatic N) is 3. The minimum absolute atomic E-state index is 0.537. The van der Waals surface area contributed by atoms with Gasteiger partial charge in [-0.1, -0.05) is 170 Å². The van der Waals surface area contributed by atoms with E-state index in [2.05, 4.69) is 221 Å². The molecule has 274 valence electrons. The van der Waals surface area contributed by atoms with Gasteiger partial charge in [0.15, 0.2) is 0 Å². The summed E-state index contributed by atoms with van der Waals surface area (Å²) in [7, 11) is 0. The van der Waals surface area contributed by atoms with Gasteiger partial charge in [-0.05, 0) is 75.8 Å². The van der Waals surface area contributed by atoms with Crippen molar-refractivity contribution in [1.29, 1.82) is 5.26 Å². The maximum atomic E-state index is 10.7. The van der Waals surface area contributed by atoms with E-state index < -0.39 is 5.41 Å². The second-order valence-electron chi connectivity index (χ2n) is 15.5. The summed E-state index contributed by atoms with van der Waals surface area (Å²) in [5.74, 6) is 0. The molecule has 0 amide bonds. The molecular weight excluding hydrogens is 715 g/mol. The first-order chi connectivity index (χ1) is 29.3. The molecule has 11 aromatic rings. The highest BCUT2D eigenvalue weighted by molar-refractivity contribution is 6.16. The Morgan fingerprint density at radius 3 is 1.58 bits per heavy atom. The second kappa shape index (κ2) is 12.8. The number of hydrogen-bond donors (Lipinski definition) is 0. The lowest BCUT2D eigenvalue weighted by molar-refractivity contribution is 0.769. The zero-order valence-corrected chi connectivity index (χ0v) is 32.0. The predicted molar refractivity (Wildman–Crippen MR) is 243 cm³/mol. The molecule has 59 heavy (non-hydrogen) atoms. The van der Waals surface area contributed by atoms with E-state index in [0.717, 1.165) is 44.6 Å². The Bertz CT molecular complexity index is 3420. The van der Waals surface area contributed by atoms with E-state index >= 15 is 0 Å². The first kappa shape index (κ1) is 33.2. The molecule has 0 radical (unpaired) electrons. The second-order valence-corrected chi connectivity index (χ2v) is 15.5. The van der Waals surface area contributed by atoms with Gasteiger partial charge >= 0.3 is 0 Å². The average Bonchev–Trinajstić information content (AvgIpc) is 3.94. The summed E-state index contributed by atoms with van der Waals surface area (Å²) in [4.78, 5) is 0. The fourth-order valence-corrected chi connectivity index (χ4v) is 10.3. The Balaban J connectivity index is 1.18. The molecule has 0 spiro atoms. The molecule has 0 saturated heterocycles. The van der Waals surface area contributed by atoms with Gasteiger partial charge in [0.25, 0.3) is 0 Å². The first-order valence-corrected chi connectivity index (χ1v) is 20.2. The Hall–Kier alpha value is -7.93. The van der Waals surface area contributed by atoms with Crippen molar-refractivity contribution in [1.82, 2.24) is 9.13 Å². The lowest BCUT2D eigenvalue weighted by Crippen LogP contribution is -2.28. The Morgan fingerprint density at radius 1 is 0.407 bits per heavy atom. The van der Waals surface area contributed by atoms with Crippen molar-refractivity contribution in [2.45, 2.75) is 5.41 Å². The van der Waals surface area contributed by atoms with Crippen LogP contribution in [0, 0.1) is 11.3 Å². The van der Waals surface area contributed by atoms with Crippen LogP contribution < -0.4 is 0 Å². The number of aromatic nitrogens is 2. The van der Waals surface area contributed by atoms with E-state index in [1.54, 1.807) is 0 Å². The lowest BCUT2D eigenvalue weighted by Gasteiger charge is -2.33. The molecule has 3 nitrogen and oxygen atoms in total. The molecule has 0 aliphatic heterocycles. The highest BCUT2D eigenvalue weighted by Gasteiger charge is 2.47. The number of rotatable bonds is 5. The van der Waals surface area contributed by atoms with E-state index in [-0.39, 0.29) is 0 Å². The standard InChI is InChI=1S/C56H35N3/c57-36-37-33-38(42-21-8-13-27-50(42)59-52-29-15-9-22-43(52)44-23-10-16-30-53(44)59)35-41(34-37)58-51-28-14-11-24-45(51)46-31-32-49-54(55(46)58)47-25-7-12-26-48(47)56(49,39-17-3-1-4-18-39)40-19-5-2-6-20-40/h1-35H. The molecule has 2 heterocycles. The Morgan fingerprint density at radius 2 is 0.932 bits per heavy atom. The zero-order valence-electron chi connectivity index (χ0n) is 32.0. The number of para-hydroxylation sites is 4. The summed E-state index contributed by atoms with van der Waals surface area (Å²) in [6.07, 6.45) is 0. The van der Waals surface area contributed by atoms with Crippen molar-refractivity contribution in [3.8, 4) is 39.7 Å². The van der Waals surface area contributed by atoms with Gasteiger partial charge in [-0.3, -0.25) is 0 Å². The molecule has 1 aliphatic rings. The minimum atomic E-state index is -0.537. The molecular formula is C56H35N3. The van der Waals surface area contributed by atoms with Crippen LogP contribution in [0.1, 0.15) is 27.8 Å². The number of hydrogen-bond acceptors (Lipinski definition) is 1. The molecule has 0 N–H and O–H groups in total. The van der Waals surface area contributed by atoms with Crippen LogP contribution in [-0.4, -0.2) is 9.13 Å². The molecule has 2 aromatic heterocycles. The quantitative estimate of drug-likeness (QED) is 0.172. The van der Waals surface area contributed by atoms with Crippen molar-refractivity contribution >= 4 is 43.6 Å². The van der Waals surface area contributed by atoms with Gasteiger partial charge in [0.1, 0.15) is 0 Å². The van der Waals surface area contributed by atoms with Gasteiger partial charge in [0, 0.05) is 38.4 Å². The van der Waals surface area contributed by atoms with Crippen LogP contribution in [-0.2, 0) is 5.41 Å². The third kappa shape index (κ3) is 4.63. The largest absolute Gasteiger partial charge is 0.309 e. The summed E-state index contributed by atoms with van der Waals surface area (Å²) < 4.78 is 4.79. The number of nitriles is 1. The lowest BCUT2D eigenvalue weighted by atomic mass is 9.67. The minimum Gasteiger partial charge on any atom is -0.309 e. The molecule has 3 heteroatoms. The van der Waals surface area contributed by atoms with Gasteiger partial charge in [-0.25, -0.2) is 0 Å². The normalized spacial score (nSPS) is 12.9. The zero-order chi connectivity index (χ0) is 39.1.